The van der Waals surface area contributed by atoms with Crippen LogP contribution in [0, 0.1) is 11.3 Å². The lowest BCUT2D eigenvalue weighted by Crippen LogP contribution is -2.41. The van der Waals surface area contributed by atoms with Gasteiger partial charge in [0.1, 0.15) is 17.9 Å². The van der Waals surface area contributed by atoms with Crippen LogP contribution in [0.3, 0.4) is 0 Å². The van der Waals surface area contributed by atoms with Gasteiger partial charge in [0.25, 0.3) is 0 Å². The minimum atomic E-state index is -0.506. The second-order valence-corrected chi connectivity index (χ2v) is 5.81. The van der Waals surface area contributed by atoms with Crippen LogP contribution in [-0.2, 0) is 0 Å². The predicted molar refractivity (Wildman–Crippen MR) is 90.0 cm³/mol. The molecule has 1 aliphatic rings. The third-order valence-corrected chi connectivity index (χ3v) is 4.25. The first-order chi connectivity index (χ1) is 11.1. The van der Waals surface area contributed by atoms with Crippen LogP contribution in [0.2, 0.25) is 5.02 Å². The largest absolute Gasteiger partial charge is 0.483 e. The molecule has 5 nitrogen and oxygen atoms in total. The van der Waals surface area contributed by atoms with Crippen molar-refractivity contribution in [3.05, 3.63) is 47.0 Å². The minimum absolute atomic E-state index is 0.245. The Bertz CT molecular complexity index is 759. The molecule has 0 unspecified atom stereocenters. The summed E-state index contributed by atoms with van der Waals surface area (Å²) in [5, 5.41) is 22.3. The maximum atomic E-state index is 9.74. The average Bonchev–Trinajstić information content (AvgIpc) is 2.56. The van der Waals surface area contributed by atoms with Crippen molar-refractivity contribution in [2.45, 2.75) is 25.0 Å². The zero-order chi connectivity index (χ0) is 16.4. The summed E-state index contributed by atoms with van der Waals surface area (Å²) < 4.78 is 5.85. The van der Waals surface area contributed by atoms with Crippen molar-refractivity contribution in [3.63, 3.8) is 0 Å². The Hall–Kier alpha value is -2.42. The lowest BCUT2D eigenvalue weighted by molar-refractivity contribution is -0.0354. The maximum absolute atomic E-state index is 9.74. The molecule has 0 radical (unpaired) electrons. The first-order valence-corrected chi connectivity index (χ1v) is 7.67. The van der Waals surface area contributed by atoms with Crippen LogP contribution in [-0.4, -0.2) is 17.3 Å². The van der Waals surface area contributed by atoms with E-state index >= 15 is 0 Å². The third-order valence-electron chi connectivity index (χ3n) is 3.85. The minimum Gasteiger partial charge on any atom is -0.483 e. The molecule has 0 amide bonds. The molecule has 23 heavy (non-hydrogen) atoms. The Morgan fingerprint density at radius 1 is 1.30 bits per heavy atom. The summed E-state index contributed by atoms with van der Waals surface area (Å²) in [7, 11) is 0. The predicted octanol–water partition coefficient (Wildman–Crippen LogP) is 3.44. The average molecular weight is 330 g/mol. The van der Waals surface area contributed by atoms with Gasteiger partial charge in [-0.05, 0) is 31.0 Å². The SMILES string of the molecule is N#Cc1cc(N)c(O[C@@H]2CC[C@@H]2O)c(Nc2ccccc2)c1Cl. The van der Waals surface area contributed by atoms with E-state index in [1.54, 1.807) is 0 Å². The number of aliphatic hydroxyl groups excluding tert-OH is 1. The summed E-state index contributed by atoms with van der Waals surface area (Å²) in [4.78, 5) is 0. The molecule has 1 saturated carbocycles. The van der Waals surface area contributed by atoms with Crippen LogP contribution in [0.4, 0.5) is 17.1 Å². The van der Waals surface area contributed by atoms with Crippen molar-refractivity contribution < 1.29 is 9.84 Å². The quantitative estimate of drug-likeness (QED) is 0.747. The van der Waals surface area contributed by atoms with E-state index in [0.717, 1.165) is 12.1 Å². The lowest BCUT2D eigenvalue weighted by atomic mass is 9.92. The molecule has 1 fully saturated rings. The molecule has 0 aliphatic heterocycles. The van der Waals surface area contributed by atoms with E-state index in [2.05, 4.69) is 5.32 Å². The number of anilines is 3. The molecule has 2 aromatic carbocycles. The maximum Gasteiger partial charge on any atom is 0.167 e. The fraction of sp³-hybridized carbons (Fsp3) is 0.235. The molecular formula is C17H16ClN3O2. The Balaban J connectivity index is 2.02. The molecular weight excluding hydrogens is 314 g/mol. The Morgan fingerprint density at radius 2 is 2.04 bits per heavy atom. The number of nitrogen functional groups attached to an aromatic ring is 1. The number of nitrogens with one attached hydrogen (secondary N) is 1. The van der Waals surface area contributed by atoms with Crippen molar-refractivity contribution in [1.29, 1.82) is 5.26 Å². The van der Waals surface area contributed by atoms with Crippen molar-refractivity contribution >= 4 is 28.7 Å². The van der Waals surface area contributed by atoms with Gasteiger partial charge >= 0.3 is 0 Å². The van der Waals surface area contributed by atoms with E-state index in [1.807, 2.05) is 36.4 Å². The number of halogens is 1. The van der Waals surface area contributed by atoms with Gasteiger partial charge in [-0.1, -0.05) is 29.8 Å². The van der Waals surface area contributed by atoms with Gasteiger partial charge in [0.15, 0.2) is 5.75 Å². The zero-order valence-electron chi connectivity index (χ0n) is 12.3. The van der Waals surface area contributed by atoms with Crippen LogP contribution >= 0.6 is 11.6 Å². The summed E-state index contributed by atoms with van der Waals surface area (Å²) in [6.07, 6.45) is 0.644. The highest BCUT2D eigenvalue weighted by molar-refractivity contribution is 6.35. The molecule has 2 atom stereocenters. The molecule has 118 valence electrons. The third kappa shape index (κ3) is 3.04. The molecule has 0 spiro atoms. The first kappa shape index (κ1) is 15.5. The van der Waals surface area contributed by atoms with Gasteiger partial charge in [-0.2, -0.15) is 5.26 Å². The number of nitrogens with zero attached hydrogens (tertiary/aromatic N) is 1. The van der Waals surface area contributed by atoms with Gasteiger partial charge in [0.05, 0.1) is 22.4 Å². The smallest absolute Gasteiger partial charge is 0.167 e. The fourth-order valence-electron chi connectivity index (χ4n) is 2.39. The molecule has 0 heterocycles. The van der Waals surface area contributed by atoms with Crippen molar-refractivity contribution in [2.75, 3.05) is 11.1 Å². The highest BCUT2D eigenvalue weighted by atomic mass is 35.5. The highest BCUT2D eigenvalue weighted by Crippen LogP contribution is 2.43. The summed E-state index contributed by atoms with van der Waals surface area (Å²) >= 11 is 6.33. The number of aliphatic hydroxyl groups is 1. The van der Waals surface area contributed by atoms with E-state index in [1.165, 1.54) is 6.07 Å². The molecule has 1 aliphatic carbocycles. The normalized spacial score (nSPS) is 19.5. The summed E-state index contributed by atoms with van der Waals surface area (Å²) in [6.45, 7) is 0. The van der Waals surface area contributed by atoms with E-state index < -0.39 is 6.10 Å². The van der Waals surface area contributed by atoms with E-state index in [0.29, 0.717) is 23.5 Å². The molecule has 2 aromatic rings. The highest BCUT2D eigenvalue weighted by Gasteiger charge is 2.32. The van der Waals surface area contributed by atoms with Gasteiger partial charge in [0.2, 0.25) is 0 Å². The number of nitriles is 1. The van der Waals surface area contributed by atoms with Crippen LogP contribution in [0.1, 0.15) is 18.4 Å². The van der Waals surface area contributed by atoms with Crippen molar-refractivity contribution in [3.8, 4) is 11.8 Å². The molecule has 6 heteroatoms. The molecule has 4 N–H and O–H groups in total. The van der Waals surface area contributed by atoms with E-state index in [9.17, 15) is 10.4 Å². The van der Waals surface area contributed by atoms with Crippen molar-refractivity contribution in [1.82, 2.24) is 0 Å². The summed E-state index contributed by atoms with van der Waals surface area (Å²) in [6, 6.07) is 12.9. The molecule has 3 rings (SSSR count). The van der Waals surface area contributed by atoms with Crippen LogP contribution in [0.25, 0.3) is 0 Å². The van der Waals surface area contributed by atoms with Gasteiger partial charge in [-0.3, -0.25) is 0 Å². The number of benzene rings is 2. The number of nitrogens with two attached hydrogens (primary N) is 1. The van der Waals surface area contributed by atoms with Crippen LogP contribution in [0.5, 0.6) is 5.75 Å². The number of hydrogen-bond acceptors (Lipinski definition) is 5. The van der Waals surface area contributed by atoms with E-state index in [-0.39, 0.29) is 16.7 Å². The van der Waals surface area contributed by atoms with E-state index in [4.69, 9.17) is 22.1 Å². The topological polar surface area (TPSA) is 91.3 Å². The number of para-hydroxylation sites is 1. The lowest BCUT2D eigenvalue weighted by Gasteiger charge is -2.33. The van der Waals surface area contributed by atoms with Crippen LogP contribution < -0.4 is 15.8 Å². The second-order valence-electron chi connectivity index (χ2n) is 5.44. The Labute approximate surface area is 139 Å². The van der Waals surface area contributed by atoms with Gasteiger partial charge in [0, 0.05) is 5.69 Å². The molecule has 0 bridgehead atoms. The number of rotatable bonds is 4. The fourth-order valence-corrected chi connectivity index (χ4v) is 2.62. The number of ether oxygens (including phenoxy) is 1. The molecule has 0 saturated heterocycles. The first-order valence-electron chi connectivity index (χ1n) is 7.29. The van der Waals surface area contributed by atoms with Gasteiger partial charge in [-0.15, -0.1) is 0 Å². The monoisotopic (exact) mass is 329 g/mol. The second kappa shape index (κ2) is 6.37. The van der Waals surface area contributed by atoms with Crippen LogP contribution in [0.15, 0.2) is 36.4 Å². The zero-order valence-corrected chi connectivity index (χ0v) is 13.0. The summed E-state index contributed by atoms with van der Waals surface area (Å²) in [5.41, 5.74) is 7.85. The Morgan fingerprint density at radius 3 is 2.61 bits per heavy atom. The molecule has 0 aromatic heterocycles. The Kier molecular flexibility index (Phi) is 4.28. The van der Waals surface area contributed by atoms with Gasteiger partial charge in [-0.25, -0.2) is 0 Å². The van der Waals surface area contributed by atoms with Crippen molar-refractivity contribution in [2.24, 2.45) is 0 Å². The number of hydrogen-bond donors (Lipinski definition) is 3. The standard InChI is InChI=1S/C17H16ClN3O2/c18-15-10(9-19)8-12(20)17(23-14-7-6-13(14)22)16(15)21-11-4-2-1-3-5-11/h1-5,8,13-14,21-22H,6-7,20H2/t13-,14+/m0/s1. The summed E-state index contributed by atoms with van der Waals surface area (Å²) in [5.74, 6) is 0.363. The van der Waals surface area contributed by atoms with Gasteiger partial charge < -0.3 is 20.9 Å².